The molecule has 0 spiro atoms. The molecule has 5 nitrogen and oxygen atoms in total. The molecule has 0 atom stereocenters. The van der Waals surface area contributed by atoms with Gasteiger partial charge in [-0.2, -0.15) is 0 Å². The van der Waals surface area contributed by atoms with Crippen molar-refractivity contribution in [1.82, 2.24) is 10.6 Å². The zero-order valence-corrected chi connectivity index (χ0v) is 14.8. The van der Waals surface area contributed by atoms with Gasteiger partial charge in [0.25, 0.3) is 0 Å². The van der Waals surface area contributed by atoms with Crippen LogP contribution in [0.3, 0.4) is 0 Å². The zero-order valence-electron chi connectivity index (χ0n) is 14.0. The summed E-state index contributed by atoms with van der Waals surface area (Å²) in [4.78, 5) is 12.7. The molecule has 0 unspecified atom stereocenters. The first kappa shape index (κ1) is 17.7. The molecule has 2 aliphatic rings. The van der Waals surface area contributed by atoms with Gasteiger partial charge in [0.1, 0.15) is 0 Å². The fourth-order valence-corrected chi connectivity index (χ4v) is 5.19. The maximum absolute atomic E-state index is 12.7. The molecule has 128 valence electrons. The lowest BCUT2D eigenvalue weighted by Crippen LogP contribution is -2.59. The zero-order chi connectivity index (χ0) is 16.4. The van der Waals surface area contributed by atoms with E-state index in [4.69, 9.17) is 0 Å². The largest absolute Gasteiger partial charge is 0.352 e. The first-order valence-corrected chi connectivity index (χ1v) is 10.4. The smallest absolute Gasteiger partial charge is 0.241 e. The first-order valence-electron chi connectivity index (χ1n) is 8.47. The van der Waals surface area contributed by atoms with Gasteiger partial charge in [-0.05, 0) is 63.5 Å². The molecule has 0 aromatic heterocycles. The highest BCUT2D eigenvalue weighted by atomic mass is 32.2. The SMILES string of the molecule is CC(C)C1CCC(NC(=O)C2(S(C)(=O)=O)CCNCC2)CC1. The van der Waals surface area contributed by atoms with E-state index in [1.54, 1.807) is 0 Å². The van der Waals surface area contributed by atoms with E-state index in [9.17, 15) is 13.2 Å². The highest BCUT2D eigenvalue weighted by Crippen LogP contribution is 2.32. The van der Waals surface area contributed by atoms with Crippen molar-refractivity contribution in [2.75, 3.05) is 19.3 Å². The standard InChI is InChI=1S/C16H30N2O3S/c1-12(2)13-4-6-14(7-5-13)18-15(19)16(22(3,20)21)8-10-17-11-9-16/h12-14,17H,4-11H2,1-3H3,(H,18,19). The summed E-state index contributed by atoms with van der Waals surface area (Å²) < 4.78 is 23.3. The van der Waals surface area contributed by atoms with Crippen LogP contribution in [0.15, 0.2) is 0 Å². The molecule has 1 heterocycles. The minimum Gasteiger partial charge on any atom is -0.352 e. The third-order valence-electron chi connectivity index (χ3n) is 5.58. The average Bonchev–Trinajstić information content (AvgIpc) is 2.47. The van der Waals surface area contributed by atoms with Crippen LogP contribution in [0.2, 0.25) is 0 Å². The van der Waals surface area contributed by atoms with Crippen molar-refractivity contribution in [3.8, 4) is 0 Å². The Balaban J connectivity index is 2.01. The Bertz CT molecular complexity index is 488. The molecule has 1 saturated heterocycles. The molecule has 1 aliphatic carbocycles. The summed E-state index contributed by atoms with van der Waals surface area (Å²) in [6, 6.07) is 0.135. The molecule has 1 amide bonds. The fraction of sp³-hybridized carbons (Fsp3) is 0.938. The van der Waals surface area contributed by atoms with Crippen molar-refractivity contribution in [3.05, 3.63) is 0 Å². The van der Waals surface area contributed by atoms with Crippen LogP contribution in [-0.2, 0) is 14.6 Å². The van der Waals surface area contributed by atoms with Crippen molar-refractivity contribution in [1.29, 1.82) is 0 Å². The van der Waals surface area contributed by atoms with Gasteiger partial charge < -0.3 is 10.6 Å². The van der Waals surface area contributed by atoms with E-state index in [1.807, 2.05) is 0 Å². The Kier molecular flexibility index (Phi) is 5.54. The Morgan fingerprint density at radius 3 is 2.14 bits per heavy atom. The molecule has 2 fully saturated rings. The predicted molar refractivity (Wildman–Crippen MR) is 88.4 cm³/mol. The van der Waals surface area contributed by atoms with E-state index in [-0.39, 0.29) is 11.9 Å². The maximum Gasteiger partial charge on any atom is 0.241 e. The summed E-state index contributed by atoms with van der Waals surface area (Å²) >= 11 is 0. The second-order valence-corrected chi connectivity index (χ2v) is 9.67. The van der Waals surface area contributed by atoms with Gasteiger partial charge in [-0.15, -0.1) is 0 Å². The second-order valence-electron chi connectivity index (χ2n) is 7.35. The Labute approximate surface area is 134 Å². The summed E-state index contributed by atoms with van der Waals surface area (Å²) in [5.41, 5.74) is 0. The van der Waals surface area contributed by atoms with Crippen molar-refractivity contribution < 1.29 is 13.2 Å². The molecule has 1 aliphatic heterocycles. The number of carbonyl (C=O) groups is 1. The summed E-state index contributed by atoms with van der Waals surface area (Å²) in [5, 5.41) is 6.19. The Hall–Kier alpha value is -0.620. The molecule has 2 rings (SSSR count). The van der Waals surface area contributed by atoms with Crippen molar-refractivity contribution in [3.63, 3.8) is 0 Å². The van der Waals surface area contributed by atoms with Crippen LogP contribution in [0.1, 0.15) is 52.4 Å². The third kappa shape index (κ3) is 3.65. The van der Waals surface area contributed by atoms with Gasteiger partial charge >= 0.3 is 0 Å². The third-order valence-corrected chi connectivity index (χ3v) is 7.60. The van der Waals surface area contributed by atoms with E-state index in [0.29, 0.717) is 31.8 Å². The van der Waals surface area contributed by atoms with Crippen LogP contribution in [-0.4, -0.2) is 44.5 Å². The number of carbonyl (C=O) groups excluding carboxylic acids is 1. The van der Waals surface area contributed by atoms with Gasteiger partial charge in [0, 0.05) is 12.3 Å². The van der Waals surface area contributed by atoms with Gasteiger partial charge in [0.15, 0.2) is 14.6 Å². The summed E-state index contributed by atoms with van der Waals surface area (Å²) in [7, 11) is -3.41. The minimum absolute atomic E-state index is 0.135. The van der Waals surface area contributed by atoms with Crippen molar-refractivity contribution >= 4 is 15.7 Å². The molecule has 1 saturated carbocycles. The molecule has 0 aromatic rings. The number of hydrogen-bond acceptors (Lipinski definition) is 4. The van der Waals surface area contributed by atoms with E-state index in [2.05, 4.69) is 24.5 Å². The second kappa shape index (κ2) is 6.87. The number of hydrogen-bond donors (Lipinski definition) is 2. The van der Waals surface area contributed by atoms with Gasteiger partial charge in [-0.3, -0.25) is 4.79 Å². The van der Waals surface area contributed by atoms with Gasteiger partial charge in [0.05, 0.1) is 0 Å². The number of rotatable bonds is 4. The van der Waals surface area contributed by atoms with Crippen LogP contribution in [0.4, 0.5) is 0 Å². The average molecular weight is 330 g/mol. The van der Waals surface area contributed by atoms with E-state index < -0.39 is 14.6 Å². The molecular formula is C16H30N2O3S. The Morgan fingerprint density at radius 2 is 1.68 bits per heavy atom. The molecular weight excluding hydrogens is 300 g/mol. The molecule has 0 radical (unpaired) electrons. The first-order chi connectivity index (χ1) is 10.3. The molecule has 22 heavy (non-hydrogen) atoms. The van der Waals surface area contributed by atoms with E-state index >= 15 is 0 Å². The van der Waals surface area contributed by atoms with Crippen LogP contribution in [0.25, 0.3) is 0 Å². The van der Waals surface area contributed by atoms with Gasteiger partial charge in [-0.1, -0.05) is 13.8 Å². The summed E-state index contributed by atoms with van der Waals surface area (Å²) in [6.07, 6.45) is 6.12. The predicted octanol–water partition coefficient (Wildman–Crippen LogP) is 1.48. The lowest BCUT2D eigenvalue weighted by Gasteiger charge is -2.37. The van der Waals surface area contributed by atoms with Crippen molar-refractivity contribution in [2.24, 2.45) is 11.8 Å². The molecule has 2 N–H and O–H groups in total. The number of nitrogens with one attached hydrogen (secondary N) is 2. The Morgan fingerprint density at radius 1 is 1.14 bits per heavy atom. The summed E-state index contributed by atoms with van der Waals surface area (Å²) in [6.45, 7) is 5.66. The fourth-order valence-electron chi connectivity index (χ4n) is 3.84. The van der Waals surface area contributed by atoms with Crippen LogP contribution in [0.5, 0.6) is 0 Å². The normalized spacial score (nSPS) is 29.3. The van der Waals surface area contributed by atoms with E-state index in [1.165, 1.54) is 6.26 Å². The minimum atomic E-state index is -3.41. The molecule has 6 heteroatoms. The monoisotopic (exact) mass is 330 g/mol. The van der Waals surface area contributed by atoms with Crippen LogP contribution in [0, 0.1) is 11.8 Å². The summed E-state index contributed by atoms with van der Waals surface area (Å²) in [5.74, 6) is 1.14. The number of amides is 1. The van der Waals surface area contributed by atoms with Crippen LogP contribution < -0.4 is 10.6 Å². The lowest BCUT2D eigenvalue weighted by molar-refractivity contribution is -0.125. The number of piperidine rings is 1. The topological polar surface area (TPSA) is 75.3 Å². The van der Waals surface area contributed by atoms with Gasteiger partial charge in [-0.25, -0.2) is 8.42 Å². The van der Waals surface area contributed by atoms with E-state index in [0.717, 1.165) is 31.6 Å². The lowest BCUT2D eigenvalue weighted by atomic mass is 9.79. The highest BCUT2D eigenvalue weighted by Gasteiger charge is 2.49. The number of sulfone groups is 1. The maximum atomic E-state index is 12.7. The molecule has 0 aromatic carbocycles. The van der Waals surface area contributed by atoms with Gasteiger partial charge in [0.2, 0.25) is 5.91 Å². The van der Waals surface area contributed by atoms with Crippen LogP contribution >= 0.6 is 0 Å². The molecule has 0 bridgehead atoms. The highest BCUT2D eigenvalue weighted by molar-refractivity contribution is 7.92. The van der Waals surface area contributed by atoms with Crippen molar-refractivity contribution in [2.45, 2.75) is 63.2 Å². The quantitative estimate of drug-likeness (QED) is 0.819.